The lowest BCUT2D eigenvalue weighted by atomic mass is 10.1. The zero-order chi connectivity index (χ0) is 16.8. The van der Waals surface area contributed by atoms with Gasteiger partial charge in [0, 0.05) is 17.6 Å². The van der Waals surface area contributed by atoms with Crippen LogP contribution in [0.25, 0.3) is 0 Å². The minimum Gasteiger partial charge on any atom is -0.325 e. The lowest BCUT2D eigenvalue weighted by Gasteiger charge is -2.11. The third-order valence-corrected chi connectivity index (χ3v) is 3.41. The van der Waals surface area contributed by atoms with Crippen LogP contribution in [0.5, 0.6) is 0 Å². The maximum absolute atomic E-state index is 12.4. The molecule has 7 heteroatoms. The fraction of sp³-hybridized carbons (Fsp3) is 0.188. The average Bonchev–Trinajstić information content (AvgIpc) is 2.51. The zero-order valence-corrected chi connectivity index (χ0v) is 13.9. The third kappa shape index (κ3) is 4.94. The maximum atomic E-state index is 12.4. The van der Waals surface area contributed by atoms with Crippen molar-refractivity contribution in [1.29, 1.82) is 0 Å². The highest BCUT2D eigenvalue weighted by Crippen LogP contribution is 2.22. The number of nitrogens with zero attached hydrogens (tertiary/aromatic N) is 1. The second kappa shape index (κ2) is 7.94. The van der Waals surface area contributed by atoms with Gasteiger partial charge in [-0.1, -0.05) is 30.1 Å². The van der Waals surface area contributed by atoms with E-state index in [0.29, 0.717) is 28.0 Å². The molecule has 0 unspecified atom stereocenters. The number of amides is 2. The Bertz CT molecular complexity index is 718. The molecular weight excluding hydrogens is 337 g/mol. The van der Waals surface area contributed by atoms with Crippen LogP contribution >= 0.6 is 23.2 Å². The molecule has 120 valence electrons. The number of carbonyl (C=O) groups is 2. The van der Waals surface area contributed by atoms with Crippen molar-refractivity contribution >= 4 is 46.5 Å². The van der Waals surface area contributed by atoms with E-state index in [2.05, 4.69) is 15.6 Å². The Hall–Kier alpha value is -2.11. The summed E-state index contributed by atoms with van der Waals surface area (Å²) in [6.45, 7) is 1.90. The van der Waals surface area contributed by atoms with Gasteiger partial charge >= 0.3 is 0 Å². The zero-order valence-electron chi connectivity index (χ0n) is 12.4. The van der Waals surface area contributed by atoms with Gasteiger partial charge in [0.1, 0.15) is 5.82 Å². The number of hydrogen-bond donors (Lipinski definition) is 2. The minimum absolute atomic E-state index is 0.159. The third-order valence-electron chi connectivity index (χ3n) is 2.95. The first kappa shape index (κ1) is 17.2. The fourth-order valence-electron chi connectivity index (χ4n) is 1.89. The average molecular weight is 352 g/mol. The smallest absolute Gasteiger partial charge is 0.258 e. The Morgan fingerprint density at radius 2 is 1.83 bits per heavy atom. The second-order valence-corrected chi connectivity index (χ2v) is 5.68. The second-order valence-electron chi connectivity index (χ2n) is 4.80. The molecule has 0 bridgehead atoms. The van der Waals surface area contributed by atoms with E-state index in [4.69, 9.17) is 23.2 Å². The predicted molar refractivity (Wildman–Crippen MR) is 92.2 cm³/mol. The first-order valence-corrected chi connectivity index (χ1v) is 7.77. The van der Waals surface area contributed by atoms with Crippen molar-refractivity contribution < 1.29 is 9.59 Å². The quantitative estimate of drug-likeness (QED) is 0.839. The van der Waals surface area contributed by atoms with Crippen LogP contribution in [0.3, 0.4) is 0 Å². The molecule has 0 aliphatic rings. The van der Waals surface area contributed by atoms with E-state index in [1.54, 1.807) is 24.3 Å². The lowest BCUT2D eigenvalue weighted by molar-refractivity contribution is -0.116. The van der Waals surface area contributed by atoms with Gasteiger partial charge in [-0.25, -0.2) is 4.98 Å². The first-order chi connectivity index (χ1) is 11.0. The summed E-state index contributed by atoms with van der Waals surface area (Å²) in [5, 5.41) is 6.22. The summed E-state index contributed by atoms with van der Waals surface area (Å²) < 4.78 is 0. The van der Waals surface area contributed by atoms with Crippen LogP contribution in [0.15, 0.2) is 36.5 Å². The van der Waals surface area contributed by atoms with Gasteiger partial charge in [-0.3, -0.25) is 9.59 Å². The number of aromatic nitrogens is 1. The molecule has 0 atom stereocenters. The van der Waals surface area contributed by atoms with Crippen molar-refractivity contribution in [2.75, 3.05) is 10.6 Å². The van der Waals surface area contributed by atoms with Crippen LogP contribution in [-0.4, -0.2) is 16.8 Å². The summed E-state index contributed by atoms with van der Waals surface area (Å²) in [5.41, 5.74) is 0.665. The molecule has 0 aliphatic carbocycles. The summed E-state index contributed by atoms with van der Waals surface area (Å²) >= 11 is 11.7. The largest absolute Gasteiger partial charge is 0.325 e. The Kier molecular flexibility index (Phi) is 5.96. The van der Waals surface area contributed by atoms with Gasteiger partial charge in [-0.2, -0.15) is 0 Å². The van der Waals surface area contributed by atoms with E-state index in [0.717, 1.165) is 6.42 Å². The molecule has 5 nitrogen and oxygen atoms in total. The predicted octanol–water partition coefficient (Wildman–Crippen LogP) is 4.38. The van der Waals surface area contributed by atoms with Crippen molar-refractivity contribution in [2.45, 2.75) is 19.8 Å². The summed E-state index contributed by atoms with van der Waals surface area (Å²) in [5.74, 6) is -0.229. The Morgan fingerprint density at radius 3 is 2.48 bits per heavy atom. The van der Waals surface area contributed by atoms with Crippen molar-refractivity contribution in [3.63, 3.8) is 0 Å². The van der Waals surface area contributed by atoms with Crippen LogP contribution in [0.1, 0.15) is 30.1 Å². The molecule has 2 amide bonds. The minimum atomic E-state index is -0.422. The molecule has 0 spiro atoms. The number of rotatable bonds is 5. The molecule has 1 aromatic heterocycles. The molecule has 0 aliphatic heterocycles. The molecule has 2 N–H and O–H groups in total. The SMILES string of the molecule is CCCC(=O)Nc1ccc(Cl)cc1C(=O)Nc1ccc(Cl)cn1. The lowest BCUT2D eigenvalue weighted by Crippen LogP contribution is -2.18. The molecule has 2 rings (SSSR count). The van der Waals surface area contributed by atoms with Crippen molar-refractivity contribution in [2.24, 2.45) is 0 Å². The number of anilines is 2. The molecule has 1 aromatic carbocycles. The highest BCUT2D eigenvalue weighted by molar-refractivity contribution is 6.31. The Balaban J connectivity index is 2.22. The van der Waals surface area contributed by atoms with E-state index >= 15 is 0 Å². The van der Waals surface area contributed by atoms with Crippen LogP contribution in [0, 0.1) is 0 Å². The topological polar surface area (TPSA) is 71.1 Å². The number of hydrogen-bond acceptors (Lipinski definition) is 3. The van der Waals surface area contributed by atoms with Gasteiger partial charge < -0.3 is 10.6 Å². The molecule has 23 heavy (non-hydrogen) atoms. The van der Waals surface area contributed by atoms with E-state index in [1.165, 1.54) is 12.3 Å². The van der Waals surface area contributed by atoms with Crippen LogP contribution in [0.4, 0.5) is 11.5 Å². The molecular formula is C16H15Cl2N3O2. The van der Waals surface area contributed by atoms with E-state index < -0.39 is 5.91 Å². The van der Waals surface area contributed by atoms with Gasteiger partial charge in [0.15, 0.2) is 0 Å². The summed E-state index contributed by atoms with van der Waals surface area (Å²) in [6.07, 6.45) is 2.52. The van der Waals surface area contributed by atoms with E-state index in [9.17, 15) is 9.59 Å². The Labute approximate surface area is 144 Å². The Morgan fingerprint density at radius 1 is 1.09 bits per heavy atom. The summed E-state index contributed by atoms with van der Waals surface area (Å²) in [6, 6.07) is 7.90. The highest BCUT2D eigenvalue weighted by Gasteiger charge is 2.15. The number of halogens is 2. The molecule has 0 saturated carbocycles. The monoisotopic (exact) mass is 351 g/mol. The summed E-state index contributed by atoms with van der Waals surface area (Å²) in [4.78, 5) is 28.2. The fourth-order valence-corrected chi connectivity index (χ4v) is 2.17. The normalized spacial score (nSPS) is 10.2. The van der Waals surface area contributed by atoms with Crippen LogP contribution in [0.2, 0.25) is 10.0 Å². The van der Waals surface area contributed by atoms with E-state index in [-0.39, 0.29) is 11.5 Å². The van der Waals surface area contributed by atoms with Crippen LogP contribution < -0.4 is 10.6 Å². The van der Waals surface area contributed by atoms with Crippen molar-refractivity contribution in [3.8, 4) is 0 Å². The number of pyridine rings is 1. The molecule has 1 heterocycles. The first-order valence-electron chi connectivity index (χ1n) is 7.02. The van der Waals surface area contributed by atoms with Crippen molar-refractivity contribution in [1.82, 2.24) is 4.98 Å². The van der Waals surface area contributed by atoms with Crippen molar-refractivity contribution in [3.05, 3.63) is 52.1 Å². The number of nitrogens with one attached hydrogen (secondary N) is 2. The number of carbonyl (C=O) groups excluding carboxylic acids is 2. The molecule has 0 radical (unpaired) electrons. The van der Waals surface area contributed by atoms with Gasteiger partial charge in [0.05, 0.1) is 16.3 Å². The molecule has 0 saturated heterocycles. The van der Waals surface area contributed by atoms with Gasteiger partial charge in [0.2, 0.25) is 5.91 Å². The molecule has 0 fully saturated rings. The van der Waals surface area contributed by atoms with E-state index in [1.807, 2.05) is 6.92 Å². The maximum Gasteiger partial charge on any atom is 0.258 e. The number of benzene rings is 1. The standard InChI is InChI=1S/C16H15Cl2N3O2/c1-2-3-15(22)20-13-6-4-10(17)8-12(13)16(23)21-14-7-5-11(18)9-19-14/h4-9H,2-3H2,1H3,(H,20,22)(H,19,21,23). The highest BCUT2D eigenvalue weighted by atomic mass is 35.5. The van der Waals surface area contributed by atoms with Gasteiger partial charge in [-0.05, 0) is 36.8 Å². The summed E-state index contributed by atoms with van der Waals surface area (Å²) in [7, 11) is 0. The van der Waals surface area contributed by atoms with Gasteiger partial charge in [0.25, 0.3) is 5.91 Å². The molecule has 2 aromatic rings. The van der Waals surface area contributed by atoms with Crippen LogP contribution in [-0.2, 0) is 4.79 Å². The van der Waals surface area contributed by atoms with Gasteiger partial charge in [-0.15, -0.1) is 0 Å².